The summed E-state index contributed by atoms with van der Waals surface area (Å²) in [6, 6.07) is 10.5. The predicted octanol–water partition coefficient (Wildman–Crippen LogP) is 3.22. The van der Waals surface area contributed by atoms with Crippen molar-refractivity contribution in [3.8, 4) is 0 Å². The zero-order chi connectivity index (χ0) is 10.4. The van der Waals surface area contributed by atoms with Gasteiger partial charge in [-0.3, -0.25) is 0 Å². The van der Waals surface area contributed by atoms with Gasteiger partial charge in [-0.25, -0.2) is 0 Å². The van der Waals surface area contributed by atoms with E-state index in [1.54, 1.807) is 0 Å². The van der Waals surface area contributed by atoms with Gasteiger partial charge in [-0.1, -0.05) is 44.2 Å². The Labute approximate surface area is 91.1 Å². The molecule has 0 radical (unpaired) electrons. The summed E-state index contributed by atoms with van der Waals surface area (Å²) in [5.41, 5.74) is 7.32. The first-order chi connectivity index (χ1) is 6.74. The van der Waals surface area contributed by atoms with Crippen molar-refractivity contribution in [1.29, 1.82) is 0 Å². The average molecular weight is 209 g/mol. The van der Waals surface area contributed by atoms with Crippen LogP contribution in [0.3, 0.4) is 0 Å². The van der Waals surface area contributed by atoms with E-state index in [0.29, 0.717) is 5.25 Å². The fourth-order valence-corrected chi connectivity index (χ4v) is 2.15. The zero-order valence-corrected chi connectivity index (χ0v) is 9.76. The second-order valence-electron chi connectivity index (χ2n) is 3.57. The van der Waals surface area contributed by atoms with Crippen LogP contribution in [0.2, 0.25) is 0 Å². The topological polar surface area (TPSA) is 26.0 Å². The van der Waals surface area contributed by atoms with E-state index in [2.05, 4.69) is 26.0 Å². The fourth-order valence-electron chi connectivity index (χ4n) is 1.18. The molecule has 1 aromatic carbocycles. The molecular formula is C12H19NS. The van der Waals surface area contributed by atoms with Gasteiger partial charge in [-0.05, 0) is 12.0 Å². The summed E-state index contributed by atoms with van der Waals surface area (Å²) in [4.78, 5) is 0. The Kier molecular flexibility index (Phi) is 5.05. The molecule has 1 aromatic rings. The van der Waals surface area contributed by atoms with Crippen molar-refractivity contribution in [2.24, 2.45) is 5.73 Å². The third-order valence-electron chi connectivity index (χ3n) is 2.36. The van der Waals surface area contributed by atoms with Gasteiger partial charge in [0.2, 0.25) is 0 Å². The van der Waals surface area contributed by atoms with E-state index in [9.17, 15) is 0 Å². The van der Waals surface area contributed by atoms with E-state index < -0.39 is 0 Å². The maximum Gasteiger partial charge on any atom is 0.0386 e. The molecule has 0 amide bonds. The van der Waals surface area contributed by atoms with Crippen LogP contribution in [-0.4, -0.2) is 11.0 Å². The van der Waals surface area contributed by atoms with E-state index >= 15 is 0 Å². The molecule has 2 atom stereocenters. The molecule has 14 heavy (non-hydrogen) atoms. The number of hydrogen-bond acceptors (Lipinski definition) is 2. The molecule has 0 aromatic heterocycles. The molecule has 0 fully saturated rings. The maximum absolute atomic E-state index is 6.08. The molecule has 0 aliphatic rings. The molecule has 2 unspecified atom stereocenters. The molecule has 0 aliphatic carbocycles. The van der Waals surface area contributed by atoms with Crippen molar-refractivity contribution >= 4 is 11.8 Å². The van der Waals surface area contributed by atoms with Crippen LogP contribution in [0.4, 0.5) is 0 Å². The van der Waals surface area contributed by atoms with E-state index in [0.717, 1.165) is 5.75 Å². The lowest BCUT2D eigenvalue weighted by Gasteiger charge is -2.14. The summed E-state index contributed by atoms with van der Waals surface area (Å²) in [6.45, 7) is 4.47. The quantitative estimate of drug-likeness (QED) is 0.806. The number of hydrogen-bond donors (Lipinski definition) is 1. The second-order valence-corrected chi connectivity index (χ2v) is 5.04. The summed E-state index contributed by atoms with van der Waals surface area (Å²) in [7, 11) is 0. The van der Waals surface area contributed by atoms with Crippen LogP contribution in [0.15, 0.2) is 30.3 Å². The van der Waals surface area contributed by atoms with Crippen LogP contribution in [0.1, 0.15) is 31.9 Å². The molecule has 2 N–H and O–H groups in total. The maximum atomic E-state index is 6.08. The molecule has 1 rings (SSSR count). The van der Waals surface area contributed by atoms with Crippen molar-refractivity contribution in [3.63, 3.8) is 0 Å². The zero-order valence-electron chi connectivity index (χ0n) is 8.94. The van der Waals surface area contributed by atoms with Crippen molar-refractivity contribution < 1.29 is 0 Å². The Balaban J connectivity index is 2.39. The Morgan fingerprint density at radius 1 is 1.29 bits per heavy atom. The first kappa shape index (κ1) is 11.6. The molecule has 0 saturated heterocycles. The molecule has 0 heterocycles. The van der Waals surface area contributed by atoms with Crippen molar-refractivity contribution in [1.82, 2.24) is 0 Å². The molecule has 0 bridgehead atoms. The third-order valence-corrected chi connectivity index (χ3v) is 3.82. The Bertz CT molecular complexity index is 248. The van der Waals surface area contributed by atoms with Gasteiger partial charge < -0.3 is 5.73 Å². The lowest BCUT2D eigenvalue weighted by atomic mass is 10.1. The van der Waals surface area contributed by atoms with Gasteiger partial charge in [0.05, 0.1) is 0 Å². The minimum absolute atomic E-state index is 0.176. The average Bonchev–Trinajstić information content (AvgIpc) is 2.26. The van der Waals surface area contributed by atoms with Crippen LogP contribution in [-0.2, 0) is 0 Å². The van der Waals surface area contributed by atoms with Crippen LogP contribution in [0, 0.1) is 0 Å². The van der Waals surface area contributed by atoms with Gasteiger partial charge in [0.1, 0.15) is 0 Å². The minimum atomic E-state index is 0.176. The van der Waals surface area contributed by atoms with Crippen LogP contribution in [0.25, 0.3) is 0 Å². The minimum Gasteiger partial charge on any atom is -0.323 e. The third kappa shape index (κ3) is 3.72. The molecule has 1 nitrogen and oxygen atoms in total. The largest absolute Gasteiger partial charge is 0.323 e. The van der Waals surface area contributed by atoms with E-state index in [1.165, 1.54) is 12.0 Å². The Morgan fingerprint density at radius 2 is 1.93 bits per heavy atom. The number of benzene rings is 1. The number of thioether (sulfide) groups is 1. The molecular weight excluding hydrogens is 190 g/mol. The highest BCUT2D eigenvalue weighted by Gasteiger charge is 2.07. The van der Waals surface area contributed by atoms with Crippen LogP contribution in [0.5, 0.6) is 0 Å². The number of rotatable bonds is 5. The number of nitrogens with two attached hydrogens (primary N) is 1. The Morgan fingerprint density at radius 3 is 2.50 bits per heavy atom. The van der Waals surface area contributed by atoms with Crippen LogP contribution < -0.4 is 5.73 Å². The smallest absolute Gasteiger partial charge is 0.0386 e. The highest BCUT2D eigenvalue weighted by Crippen LogP contribution is 2.20. The van der Waals surface area contributed by atoms with Gasteiger partial charge in [0.15, 0.2) is 0 Å². The van der Waals surface area contributed by atoms with Crippen molar-refractivity contribution in [3.05, 3.63) is 35.9 Å². The highest BCUT2D eigenvalue weighted by molar-refractivity contribution is 7.99. The van der Waals surface area contributed by atoms with Gasteiger partial charge in [-0.15, -0.1) is 0 Å². The first-order valence-electron chi connectivity index (χ1n) is 5.16. The summed E-state index contributed by atoms with van der Waals surface area (Å²) >= 11 is 1.95. The SMILES string of the molecule is CCC(C)SCC(N)c1ccccc1. The van der Waals surface area contributed by atoms with Crippen molar-refractivity contribution in [2.45, 2.75) is 31.6 Å². The summed E-state index contributed by atoms with van der Waals surface area (Å²) < 4.78 is 0. The molecule has 0 spiro atoms. The lowest BCUT2D eigenvalue weighted by molar-refractivity contribution is 0.821. The standard InChI is InChI=1S/C12H19NS/c1-3-10(2)14-9-12(13)11-7-5-4-6-8-11/h4-8,10,12H,3,9,13H2,1-2H3. The first-order valence-corrected chi connectivity index (χ1v) is 6.21. The predicted molar refractivity (Wildman–Crippen MR) is 65.6 cm³/mol. The summed E-state index contributed by atoms with van der Waals surface area (Å²) in [5.74, 6) is 1.01. The molecule has 0 aliphatic heterocycles. The molecule has 2 heteroatoms. The molecule has 78 valence electrons. The normalized spacial score (nSPS) is 15.1. The molecule has 0 saturated carbocycles. The highest BCUT2D eigenvalue weighted by atomic mass is 32.2. The van der Waals surface area contributed by atoms with Crippen molar-refractivity contribution in [2.75, 3.05) is 5.75 Å². The van der Waals surface area contributed by atoms with E-state index in [1.807, 2.05) is 30.0 Å². The Hall–Kier alpha value is -0.470. The van der Waals surface area contributed by atoms with Gasteiger partial charge in [-0.2, -0.15) is 11.8 Å². The summed E-state index contributed by atoms with van der Waals surface area (Å²) in [6.07, 6.45) is 1.21. The van der Waals surface area contributed by atoms with Gasteiger partial charge >= 0.3 is 0 Å². The van der Waals surface area contributed by atoms with E-state index in [-0.39, 0.29) is 6.04 Å². The van der Waals surface area contributed by atoms with Gasteiger partial charge in [0, 0.05) is 17.0 Å². The van der Waals surface area contributed by atoms with Gasteiger partial charge in [0.25, 0.3) is 0 Å². The van der Waals surface area contributed by atoms with Crippen LogP contribution >= 0.6 is 11.8 Å². The second kappa shape index (κ2) is 6.10. The van der Waals surface area contributed by atoms with E-state index in [4.69, 9.17) is 5.73 Å². The monoisotopic (exact) mass is 209 g/mol. The lowest BCUT2D eigenvalue weighted by Crippen LogP contribution is -2.14. The summed E-state index contributed by atoms with van der Waals surface area (Å²) in [5, 5.41) is 0.713. The fraction of sp³-hybridized carbons (Fsp3) is 0.500.